The van der Waals surface area contributed by atoms with E-state index >= 15 is 0 Å². The summed E-state index contributed by atoms with van der Waals surface area (Å²) in [5.74, 6) is 1.83. The molecule has 2 aliphatic rings. The molecule has 2 aliphatic heterocycles. The summed E-state index contributed by atoms with van der Waals surface area (Å²) >= 11 is 0. The molecule has 7 nitrogen and oxygen atoms in total. The van der Waals surface area contributed by atoms with Gasteiger partial charge >= 0.3 is 6.01 Å². The zero-order valence-corrected chi connectivity index (χ0v) is 16.0. The quantitative estimate of drug-likeness (QED) is 0.738. The Balaban J connectivity index is 1.65. The second-order valence-corrected chi connectivity index (χ2v) is 7.47. The Morgan fingerprint density at radius 2 is 2.12 bits per heavy atom. The fraction of sp³-hybridized carbons (Fsp3) is 0.737. The molecule has 26 heavy (non-hydrogen) atoms. The molecular formula is C19H31N5O2. The van der Waals surface area contributed by atoms with Crippen LogP contribution in [0.25, 0.3) is 0 Å². The molecule has 0 bridgehead atoms. The Bertz CT molecular complexity index is 631. The SMILES string of the molecule is CCC[C@H](C)Oc1nc(N)c2c(n1)N(CCCC1CCNCC1)C(=O)C2. The molecule has 7 heteroatoms. The molecule has 0 aliphatic carbocycles. The fourth-order valence-corrected chi connectivity index (χ4v) is 3.86. The number of fused-ring (bicyclic) bond motifs is 1. The number of nitrogens with two attached hydrogens (primary N) is 1. The van der Waals surface area contributed by atoms with Gasteiger partial charge in [-0.15, -0.1) is 0 Å². The molecule has 0 spiro atoms. The van der Waals surface area contributed by atoms with Crippen LogP contribution >= 0.6 is 0 Å². The van der Waals surface area contributed by atoms with Crippen LogP contribution in [0.2, 0.25) is 0 Å². The number of rotatable bonds is 8. The second kappa shape index (κ2) is 8.66. The average Bonchev–Trinajstić information content (AvgIpc) is 2.93. The van der Waals surface area contributed by atoms with Crippen molar-refractivity contribution >= 4 is 17.5 Å². The van der Waals surface area contributed by atoms with E-state index in [0.29, 0.717) is 24.6 Å². The van der Waals surface area contributed by atoms with Gasteiger partial charge in [0.25, 0.3) is 0 Å². The molecule has 3 rings (SSSR count). The number of piperidine rings is 1. The van der Waals surface area contributed by atoms with Crippen molar-refractivity contribution in [3.63, 3.8) is 0 Å². The standard InChI is InChI=1S/C19H31N5O2/c1-3-5-13(2)26-19-22-17(20)15-12-16(25)24(18(15)23-19)11-4-6-14-7-9-21-10-8-14/h13-14,21H,3-12H2,1-2H3,(H2,20,22,23)/t13-/m0/s1. The van der Waals surface area contributed by atoms with Crippen LogP contribution in [-0.4, -0.2) is 41.6 Å². The van der Waals surface area contributed by atoms with Gasteiger partial charge in [0.2, 0.25) is 5.91 Å². The normalized spacial score (nSPS) is 18.8. The Kier molecular flexibility index (Phi) is 6.29. The van der Waals surface area contributed by atoms with E-state index in [9.17, 15) is 4.79 Å². The van der Waals surface area contributed by atoms with Crippen molar-refractivity contribution in [2.45, 2.75) is 64.9 Å². The minimum atomic E-state index is 0.0305. The van der Waals surface area contributed by atoms with Gasteiger partial charge in [-0.05, 0) is 58.0 Å². The van der Waals surface area contributed by atoms with Crippen LogP contribution in [0.5, 0.6) is 6.01 Å². The van der Waals surface area contributed by atoms with Crippen LogP contribution < -0.4 is 20.7 Å². The average molecular weight is 361 g/mol. The Hall–Kier alpha value is -1.89. The van der Waals surface area contributed by atoms with E-state index in [1.807, 2.05) is 6.92 Å². The molecule has 144 valence electrons. The van der Waals surface area contributed by atoms with Gasteiger partial charge in [-0.3, -0.25) is 9.69 Å². The number of amides is 1. The van der Waals surface area contributed by atoms with E-state index in [0.717, 1.165) is 50.3 Å². The number of carbonyl (C=O) groups excluding carboxylic acids is 1. The van der Waals surface area contributed by atoms with Crippen molar-refractivity contribution in [2.24, 2.45) is 5.92 Å². The molecule has 0 unspecified atom stereocenters. The summed E-state index contributed by atoms with van der Waals surface area (Å²) < 4.78 is 5.80. The number of carbonyl (C=O) groups is 1. The maximum atomic E-state index is 12.5. The zero-order chi connectivity index (χ0) is 18.5. The molecule has 1 saturated heterocycles. The lowest BCUT2D eigenvalue weighted by atomic mass is 9.93. The number of aromatic nitrogens is 2. The highest BCUT2D eigenvalue weighted by Crippen LogP contribution is 2.33. The van der Waals surface area contributed by atoms with Gasteiger partial charge in [-0.2, -0.15) is 9.97 Å². The van der Waals surface area contributed by atoms with Crippen LogP contribution in [0, 0.1) is 5.92 Å². The lowest BCUT2D eigenvalue weighted by Crippen LogP contribution is -2.30. The zero-order valence-electron chi connectivity index (χ0n) is 16.0. The highest BCUT2D eigenvalue weighted by Gasteiger charge is 2.32. The molecule has 1 aromatic heterocycles. The monoisotopic (exact) mass is 361 g/mol. The van der Waals surface area contributed by atoms with Crippen molar-refractivity contribution in [2.75, 3.05) is 30.3 Å². The summed E-state index contributed by atoms with van der Waals surface area (Å²) in [6.07, 6.45) is 6.88. The predicted octanol–water partition coefficient (Wildman–Crippen LogP) is 2.30. The predicted molar refractivity (Wildman–Crippen MR) is 102 cm³/mol. The Morgan fingerprint density at radius 1 is 1.35 bits per heavy atom. The largest absolute Gasteiger partial charge is 0.460 e. The number of hydrogen-bond acceptors (Lipinski definition) is 6. The number of hydrogen-bond donors (Lipinski definition) is 2. The van der Waals surface area contributed by atoms with Gasteiger partial charge in [0, 0.05) is 12.1 Å². The molecule has 0 aromatic carbocycles. The maximum absolute atomic E-state index is 12.5. The van der Waals surface area contributed by atoms with Crippen molar-refractivity contribution in [1.29, 1.82) is 0 Å². The third-order valence-corrected chi connectivity index (χ3v) is 5.34. The highest BCUT2D eigenvalue weighted by atomic mass is 16.5. The summed E-state index contributed by atoms with van der Waals surface area (Å²) in [6.45, 7) is 7.02. The molecular weight excluding hydrogens is 330 g/mol. The summed E-state index contributed by atoms with van der Waals surface area (Å²) in [5.41, 5.74) is 6.82. The maximum Gasteiger partial charge on any atom is 0.320 e. The third-order valence-electron chi connectivity index (χ3n) is 5.34. The van der Waals surface area contributed by atoms with Crippen molar-refractivity contribution in [3.05, 3.63) is 5.56 Å². The topological polar surface area (TPSA) is 93.4 Å². The number of nitrogens with zero attached hydrogens (tertiary/aromatic N) is 3. The Labute approximate surface area is 155 Å². The number of ether oxygens (including phenoxy) is 1. The van der Waals surface area contributed by atoms with Crippen LogP contribution in [-0.2, 0) is 11.2 Å². The number of anilines is 2. The number of nitrogen functional groups attached to an aromatic ring is 1. The van der Waals surface area contributed by atoms with Gasteiger partial charge < -0.3 is 15.8 Å². The fourth-order valence-electron chi connectivity index (χ4n) is 3.86. The molecule has 1 atom stereocenters. The minimum Gasteiger partial charge on any atom is -0.460 e. The van der Waals surface area contributed by atoms with Crippen LogP contribution in [0.4, 0.5) is 11.6 Å². The van der Waals surface area contributed by atoms with Gasteiger partial charge in [0.1, 0.15) is 11.6 Å². The minimum absolute atomic E-state index is 0.0305. The number of nitrogens with one attached hydrogen (secondary N) is 1. The van der Waals surface area contributed by atoms with E-state index in [1.54, 1.807) is 4.90 Å². The first-order chi connectivity index (χ1) is 12.6. The van der Waals surface area contributed by atoms with Crippen LogP contribution in [0.15, 0.2) is 0 Å². The molecule has 1 fully saturated rings. The van der Waals surface area contributed by atoms with Crippen molar-refractivity contribution in [1.82, 2.24) is 15.3 Å². The first kappa shape index (κ1) is 18.9. The van der Waals surface area contributed by atoms with E-state index in [1.165, 1.54) is 12.8 Å². The van der Waals surface area contributed by atoms with Crippen LogP contribution in [0.1, 0.15) is 57.9 Å². The van der Waals surface area contributed by atoms with E-state index in [4.69, 9.17) is 10.5 Å². The molecule has 1 aromatic rings. The third kappa shape index (κ3) is 4.44. The first-order valence-electron chi connectivity index (χ1n) is 9.92. The van der Waals surface area contributed by atoms with Crippen molar-refractivity contribution in [3.8, 4) is 6.01 Å². The molecule has 3 heterocycles. The lowest BCUT2D eigenvalue weighted by Gasteiger charge is -2.24. The lowest BCUT2D eigenvalue weighted by molar-refractivity contribution is -0.117. The van der Waals surface area contributed by atoms with Gasteiger partial charge in [0.05, 0.1) is 12.5 Å². The summed E-state index contributed by atoms with van der Waals surface area (Å²) in [7, 11) is 0. The van der Waals surface area contributed by atoms with Gasteiger partial charge in [-0.25, -0.2) is 0 Å². The smallest absolute Gasteiger partial charge is 0.320 e. The molecule has 0 saturated carbocycles. The summed E-state index contributed by atoms with van der Waals surface area (Å²) in [4.78, 5) is 23.0. The van der Waals surface area contributed by atoms with Gasteiger partial charge in [0.15, 0.2) is 0 Å². The van der Waals surface area contributed by atoms with Crippen molar-refractivity contribution < 1.29 is 9.53 Å². The van der Waals surface area contributed by atoms with Crippen LogP contribution in [0.3, 0.4) is 0 Å². The second-order valence-electron chi connectivity index (χ2n) is 7.47. The van der Waals surface area contributed by atoms with Gasteiger partial charge in [-0.1, -0.05) is 13.3 Å². The molecule has 3 N–H and O–H groups in total. The summed E-state index contributed by atoms with van der Waals surface area (Å²) in [5, 5.41) is 3.39. The highest BCUT2D eigenvalue weighted by molar-refractivity contribution is 6.01. The van der Waals surface area contributed by atoms with E-state index in [-0.39, 0.29) is 18.0 Å². The van der Waals surface area contributed by atoms with E-state index < -0.39 is 0 Å². The molecule has 1 amide bonds. The molecule has 0 radical (unpaired) electrons. The first-order valence-corrected chi connectivity index (χ1v) is 9.92. The summed E-state index contributed by atoms with van der Waals surface area (Å²) in [6, 6.07) is 0.278. The Morgan fingerprint density at radius 3 is 2.85 bits per heavy atom. The van der Waals surface area contributed by atoms with E-state index in [2.05, 4.69) is 22.2 Å².